The molecule has 0 bridgehead atoms. The molecule has 1 aliphatic heterocycles. The Morgan fingerprint density at radius 3 is 2.73 bits per heavy atom. The Balaban J connectivity index is 1.16. The summed E-state index contributed by atoms with van der Waals surface area (Å²) in [4.78, 5) is 32.2. The van der Waals surface area contributed by atoms with E-state index in [1.165, 1.54) is 10.9 Å². The molecule has 1 aliphatic carbocycles. The van der Waals surface area contributed by atoms with Gasteiger partial charge in [0.05, 0.1) is 11.3 Å². The van der Waals surface area contributed by atoms with Gasteiger partial charge in [-0.1, -0.05) is 16.8 Å². The maximum atomic E-state index is 12.7. The molecule has 0 spiro atoms. The molecule has 152 valence electrons. The van der Waals surface area contributed by atoms with E-state index in [2.05, 4.69) is 30.0 Å². The smallest absolute Gasteiger partial charge is 0.280 e. The number of fused-ring (bicyclic) bond motifs is 2. The normalized spacial score (nSPS) is 22.6. The van der Waals surface area contributed by atoms with Crippen molar-refractivity contribution < 1.29 is 4.52 Å². The van der Waals surface area contributed by atoms with E-state index in [1.54, 1.807) is 24.1 Å². The number of anilines is 1. The van der Waals surface area contributed by atoms with Crippen LogP contribution in [-0.4, -0.2) is 47.3 Å². The Kier molecular flexibility index (Phi) is 3.73. The van der Waals surface area contributed by atoms with Crippen LogP contribution in [0.4, 0.5) is 5.82 Å². The molecule has 0 amide bonds. The average molecular weight is 425 g/mol. The third kappa shape index (κ3) is 2.71. The van der Waals surface area contributed by atoms with Gasteiger partial charge in [0.2, 0.25) is 5.89 Å². The predicted octanol–water partition coefficient (Wildman–Crippen LogP) is 1.46. The summed E-state index contributed by atoms with van der Waals surface area (Å²) in [6.07, 6.45) is 4.71. The number of hydrogen-bond donors (Lipinski definition) is 0. The Morgan fingerprint density at radius 1 is 1.17 bits per heavy atom. The van der Waals surface area contributed by atoms with Gasteiger partial charge >= 0.3 is 0 Å². The molecular formula is C19H17ClN8O2. The van der Waals surface area contributed by atoms with Crippen molar-refractivity contribution in [2.75, 3.05) is 18.0 Å². The lowest BCUT2D eigenvalue weighted by atomic mass is 10.2. The quantitative estimate of drug-likeness (QED) is 0.484. The Labute approximate surface area is 175 Å². The number of nitrogens with zero attached hydrogens (tertiary/aromatic N) is 8. The molecule has 5 heterocycles. The molecule has 2 fully saturated rings. The van der Waals surface area contributed by atoms with Crippen molar-refractivity contribution in [1.29, 1.82) is 0 Å². The van der Waals surface area contributed by atoms with Gasteiger partial charge in [-0.15, -0.1) is 0 Å². The van der Waals surface area contributed by atoms with Crippen molar-refractivity contribution in [1.82, 2.24) is 34.2 Å². The van der Waals surface area contributed by atoms with Crippen LogP contribution in [0.2, 0.25) is 5.02 Å². The van der Waals surface area contributed by atoms with E-state index in [9.17, 15) is 4.79 Å². The van der Waals surface area contributed by atoms with Crippen LogP contribution >= 0.6 is 11.6 Å². The van der Waals surface area contributed by atoms with Crippen molar-refractivity contribution in [3.05, 3.63) is 58.1 Å². The van der Waals surface area contributed by atoms with E-state index in [4.69, 9.17) is 16.1 Å². The van der Waals surface area contributed by atoms with Crippen molar-refractivity contribution in [2.24, 2.45) is 18.9 Å². The third-order valence-electron chi connectivity index (χ3n) is 6.02. The maximum Gasteiger partial charge on any atom is 0.280 e. The van der Waals surface area contributed by atoms with Crippen LogP contribution in [0.25, 0.3) is 11.2 Å². The minimum Gasteiger partial charge on any atom is -0.356 e. The highest BCUT2D eigenvalue weighted by atomic mass is 35.5. The zero-order chi connectivity index (χ0) is 20.4. The zero-order valence-corrected chi connectivity index (χ0v) is 16.8. The van der Waals surface area contributed by atoms with Crippen LogP contribution < -0.4 is 10.5 Å². The number of imidazole rings is 1. The van der Waals surface area contributed by atoms with Crippen LogP contribution in [0.5, 0.6) is 0 Å². The topological polar surface area (TPSA) is 108 Å². The summed E-state index contributed by atoms with van der Waals surface area (Å²) in [6.45, 7) is 2.01. The zero-order valence-electron chi connectivity index (χ0n) is 16.0. The molecule has 4 aromatic heterocycles. The number of pyridine rings is 1. The molecule has 0 radical (unpaired) electrons. The number of hydrogen-bond acceptors (Lipinski definition) is 8. The first-order chi connectivity index (χ1) is 14.6. The first-order valence-electron chi connectivity index (χ1n) is 9.64. The SMILES string of the molecule is Cn1cnc2ncn(Cc3nc(C4C5CN(c6ccc(Cl)cn6)CC54)no3)c(=O)c21. The van der Waals surface area contributed by atoms with Crippen LogP contribution in [-0.2, 0) is 13.6 Å². The van der Waals surface area contributed by atoms with E-state index in [1.807, 2.05) is 12.1 Å². The van der Waals surface area contributed by atoms with Gasteiger partial charge in [-0.2, -0.15) is 4.98 Å². The third-order valence-corrected chi connectivity index (χ3v) is 6.24. The predicted molar refractivity (Wildman–Crippen MR) is 107 cm³/mol. The lowest BCUT2D eigenvalue weighted by molar-refractivity contribution is 0.363. The van der Waals surface area contributed by atoms with Gasteiger partial charge in [0.1, 0.15) is 18.7 Å². The van der Waals surface area contributed by atoms with Gasteiger partial charge in [0, 0.05) is 32.3 Å². The van der Waals surface area contributed by atoms with E-state index < -0.39 is 0 Å². The summed E-state index contributed by atoms with van der Waals surface area (Å²) < 4.78 is 8.55. The molecule has 10 nitrogen and oxygen atoms in total. The highest BCUT2D eigenvalue weighted by Crippen LogP contribution is 2.57. The molecule has 1 saturated carbocycles. The number of aryl methyl sites for hydroxylation is 1. The fourth-order valence-corrected chi connectivity index (χ4v) is 4.56. The Hall–Kier alpha value is -3.27. The first kappa shape index (κ1) is 17.6. The summed E-state index contributed by atoms with van der Waals surface area (Å²) in [7, 11) is 1.77. The molecule has 4 aromatic rings. The number of rotatable bonds is 4. The summed E-state index contributed by atoms with van der Waals surface area (Å²) in [6, 6.07) is 3.80. The van der Waals surface area contributed by atoms with E-state index in [-0.39, 0.29) is 12.1 Å². The molecule has 1 saturated heterocycles. The minimum absolute atomic E-state index is 0.183. The number of aromatic nitrogens is 7. The average Bonchev–Trinajstić information content (AvgIpc) is 3.16. The summed E-state index contributed by atoms with van der Waals surface area (Å²) in [5.41, 5.74) is 0.689. The van der Waals surface area contributed by atoms with Gasteiger partial charge in [-0.3, -0.25) is 9.36 Å². The van der Waals surface area contributed by atoms with Crippen LogP contribution in [0.3, 0.4) is 0 Å². The Bertz CT molecular complexity index is 1300. The second kappa shape index (κ2) is 6.36. The van der Waals surface area contributed by atoms with E-state index >= 15 is 0 Å². The van der Waals surface area contributed by atoms with Crippen LogP contribution in [0.1, 0.15) is 17.6 Å². The Morgan fingerprint density at radius 2 is 1.97 bits per heavy atom. The summed E-state index contributed by atoms with van der Waals surface area (Å²) >= 11 is 5.92. The van der Waals surface area contributed by atoms with Crippen molar-refractivity contribution in [2.45, 2.75) is 12.5 Å². The van der Waals surface area contributed by atoms with Gasteiger partial charge in [0.25, 0.3) is 5.56 Å². The van der Waals surface area contributed by atoms with Crippen LogP contribution in [0, 0.1) is 11.8 Å². The lowest BCUT2D eigenvalue weighted by Crippen LogP contribution is -2.24. The molecule has 2 aliphatic rings. The molecule has 2 atom stereocenters. The standard InChI is InChI=1S/C19H17ClN8O2/c1-26-8-22-18-16(26)19(29)28(9-23-18)7-14-24-17(25-30-14)15-11-5-27(6-12(11)15)13-3-2-10(20)4-21-13/h2-4,8-9,11-12,15H,5-7H2,1H3. The highest BCUT2D eigenvalue weighted by molar-refractivity contribution is 6.30. The van der Waals surface area contributed by atoms with Gasteiger partial charge in [-0.05, 0) is 24.0 Å². The fraction of sp³-hybridized carbons (Fsp3) is 0.368. The summed E-state index contributed by atoms with van der Waals surface area (Å²) in [5, 5.41) is 4.81. The van der Waals surface area contributed by atoms with Crippen molar-refractivity contribution >= 4 is 28.6 Å². The van der Waals surface area contributed by atoms with Crippen molar-refractivity contribution in [3.63, 3.8) is 0 Å². The van der Waals surface area contributed by atoms with E-state index in [0.717, 1.165) is 18.9 Å². The second-order valence-electron chi connectivity index (χ2n) is 7.84. The van der Waals surface area contributed by atoms with E-state index in [0.29, 0.717) is 45.7 Å². The fourth-order valence-electron chi connectivity index (χ4n) is 4.45. The molecule has 0 aromatic carbocycles. The molecule has 6 rings (SSSR count). The molecule has 0 N–H and O–H groups in total. The second-order valence-corrected chi connectivity index (χ2v) is 8.28. The maximum absolute atomic E-state index is 12.7. The molecule has 11 heteroatoms. The first-order valence-corrected chi connectivity index (χ1v) is 10.0. The monoisotopic (exact) mass is 424 g/mol. The number of halogens is 1. The molecule has 30 heavy (non-hydrogen) atoms. The van der Waals surface area contributed by atoms with Crippen molar-refractivity contribution in [3.8, 4) is 0 Å². The van der Waals surface area contributed by atoms with Gasteiger partial charge in [0.15, 0.2) is 17.0 Å². The minimum atomic E-state index is -0.186. The highest BCUT2D eigenvalue weighted by Gasteiger charge is 2.58. The molecular weight excluding hydrogens is 408 g/mol. The van der Waals surface area contributed by atoms with Crippen LogP contribution in [0.15, 0.2) is 40.3 Å². The lowest BCUT2D eigenvalue weighted by Gasteiger charge is -2.20. The molecule has 2 unspecified atom stereocenters. The number of piperidine rings is 1. The summed E-state index contributed by atoms with van der Waals surface area (Å²) in [5.74, 6) is 3.33. The van der Waals surface area contributed by atoms with Gasteiger partial charge in [-0.25, -0.2) is 15.0 Å². The van der Waals surface area contributed by atoms with Gasteiger partial charge < -0.3 is 14.0 Å². The largest absolute Gasteiger partial charge is 0.356 e.